The van der Waals surface area contributed by atoms with Crippen LogP contribution in [0.1, 0.15) is 37.7 Å². The zero-order valence-electron chi connectivity index (χ0n) is 11.5. The Bertz CT molecular complexity index is 507. The Hall–Kier alpha value is -0.460. The summed E-state index contributed by atoms with van der Waals surface area (Å²) in [5, 5.41) is 0. The Labute approximate surface area is 129 Å². The van der Waals surface area contributed by atoms with Crippen molar-refractivity contribution in [3.8, 4) is 0 Å². The molecule has 1 saturated carbocycles. The van der Waals surface area contributed by atoms with E-state index in [-0.39, 0.29) is 16.6 Å². The van der Waals surface area contributed by atoms with E-state index in [0.717, 1.165) is 24.8 Å². The van der Waals surface area contributed by atoms with E-state index in [0.29, 0.717) is 6.42 Å². The lowest BCUT2D eigenvalue weighted by Crippen LogP contribution is -2.41. The van der Waals surface area contributed by atoms with E-state index in [1.807, 2.05) is 12.1 Å². The monoisotopic (exact) mass is 360 g/mol. The molecule has 1 aliphatic rings. The molecule has 1 aliphatic carbocycles. The summed E-state index contributed by atoms with van der Waals surface area (Å²) in [7, 11) is -3.23. The number of aromatic nitrogens is 1. The number of alkyl halides is 1. The fourth-order valence-corrected chi connectivity index (χ4v) is 4.75. The molecular weight excluding hydrogens is 340 g/mol. The first kappa shape index (κ1) is 15.9. The number of hydrogen-bond donors (Lipinski definition) is 1. The molecule has 1 N–H and O–H groups in total. The Morgan fingerprint density at radius 2 is 1.90 bits per heavy atom. The van der Waals surface area contributed by atoms with Gasteiger partial charge >= 0.3 is 0 Å². The Kier molecular flexibility index (Phi) is 5.99. The number of aryl methyl sites for hydroxylation is 1. The molecular formula is C14H21BrN2O2S. The highest BCUT2D eigenvalue weighted by Gasteiger charge is 2.25. The topological polar surface area (TPSA) is 59.1 Å². The molecule has 0 amide bonds. The molecule has 0 saturated heterocycles. The molecule has 1 heterocycles. The summed E-state index contributed by atoms with van der Waals surface area (Å²) in [6.45, 7) is 0. The summed E-state index contributed by atoms with van der Waals surface area (Å²) >= 11 is 3.62. The van der Waals surface area contributed by atoms with E-state index in [9.17, 15) is 8.42 Å². The molecule has 20 heavy (non-hydrogen) atoms. The molecule has 0 aromatic carbocycles. The average Bonchev–Trinajstić information content (AvgIpc) is 2.63. The summed E-state index contributed by atoms with van der Waals surface area (Å²) in [4.78, 5) is 4.18. The minimum absolute atomic E-state index is 0.0277. The first-order chi connectivity index (χ1) is 9.57. The van der Waals surface area contributed by atoms with Crippen molar-refractivity contribution in [1.29, 1.82) is 0 Å². The highest BCUT2D eigenvalue weighted by Crippen LogP contribution is 2.24. The summed E-state index contributed by atoms with van der Waals surface area (Å²) in [6, 6.07) is 3.74. The molecule has 6 heteroatoms. The zero-order valence-corrected chi connectivity index (χ0v) is 13.9. The van der Waals surface area contributed by atoms with Crippen LogP contribution in [0, 0.1) is 0 Å². The number of hydrogen-bond acceptors (Lipinski definition) is 3. The summed E-state index contributed by atoms with van der Waals surface area (Å²) in [6.07, 6.45) is 9.33. The van der Waals surface area contributed by atoms with Crippen molar-refractivity contribution in [2.75, 3.05) is 5.75 Å². The van der Waals surface area contributed by atoms with Gasteiger partial charge in [0.2, 0.25) is 10.0 Å². The second kappa shape index (κ2) is 7.52. The standard InChI is InChI=1S/C14H21BrN2O2S/c15-13-4-2-1-3-5-14(13)17-20(18,19)11-8-12-6-9-16-10-7-12/h6-7,9-10,13-14,17H,1-5,8,11H2. The molecule has 112 valence electrons. The van der Waals surface area contributed by atoms with Crippen LogP contribution in [0.5, 0.6) is 0 Å². The number of nitrogens with zero attached hydrogens (tertiary/aromatic N) is 1. The van der Waals surface area contributed by atoms with E-state index < -0.39 is 10.0 Å². The maximum Gasteiger partial charge on any atom is 0.212 e. The first-order valence-corrected chi connectivity index (χ1v) is 9.66. The molecule has 0 aliphatic heterocycles. The Morgan fingerprint density at radius 3 is 2.65 bits per heavy atom. The van der Waals surface area contributed by atoms with Gasteiger partial charge in [-0.2, -0.15) is 0 Å². The maximum absolute atomic E-state index is 12.2. The highest BCUT2D eigenvalue weighted by molar-refractivity contribution is 9.09. The predicted octanol–water partition coefficient (Wildman–Crippen LogP) is 2.64. The van der Waals surface area contributed by atoms with Crippen LogP contribution in [-0.4, -0.2) is 30.0 Å². The molecule has 2 atom stereocenters. The lowest BCUT2D eigenvalue weighted by Gasteiger charge is -2.21. The van der Waals surface area contributed by atoms with E-state index in [4.69, 9.17) is 0 Å². The van der Waals surface area contributed by atoms with Crippen molar-refractivity contribution in [3.63, 3.8) is 0 Å². The van der Waals surface area contributed by atoms with E-state index in [1.54, 1.807) is 12.4 Å². The first-order valence-electron chi connectivity index (χ1n) is 7.10. The van der Waals surface area contributed by atoms with Gasteiger partial charge in [-0.25, -0.2) is 13.1 Å². The fourth-order valence-electron chi connectivity index (χ4n) is 2.49. The van der Waals surface area contributed by atoms with Gasteiger partial charge in [0.15, 0.2) is 0 Å². The van der Waals surface area contributed by atoms with Crippen molar-refractivity contribution in [1.82, 2.24) is 9.71 Å². The van der Waals surface area contributed by atoms with Crippen LogP contribution in [-0.2, 0) is 16.4 Å². The Balaban J connectivity index is 1.89. The molecule has 1 aromatic rings. The molecule has 0 bridgehead atoms. The van der Waals surface area contributed by atoms with Crippen molar-refractivity contribution >= 4 is 26.0 Å². The number of sulfonamides is 1. The van der Waals surface area contributed by atoms with Crippen LogP contribution in [0.4, 0.5) is 0 Å². The third kappa shape index (κ3) is 5.14. The van der Waals surface area contributed by atoms with Gasteiger partial charge in [-0.15, -0.1) is 0 Å². The largest absolute Gasteiger partial charge is 0.265 e. The Morgan fingerprint density at radius 1 is 1.20 bits per heavy atom. The van der Waals surface area contributed by atoms with Gasteiger partial charge in [-0.1, -0.05) is 35.2 Å². The zero-order chi connectivity index (χ0) is 14.4. The lowest BCUT2D eigenvalue weighted by atomic mass is 10.1. The molecule has 4 nitrogen and oxygen atoms in total. The van der Waals surface area contributed by atoms with Crippen LogP contribution in [0.15, 0.2) is 24.5 Å². The van der Waals surface area contributed by atoms with Crippen LogP contribution in [0.2, 0.25) is 0 Å². The van der Waals surface area contributed by atoms with E-state index in [2.05, 4.69) is 25.6 Å². The number of rotatable bonds is 5. The molecule has 2 rings (SSSR count). The van der Waals surface area contributed by atoms with Gasteiger partial charge in [0.05, 0.1) is 5.75 Å². The summed E-state index contributed by atoms with van der Waals surface area (Å²) < 4.78 is 27.2. The van der Waals surface area contributed by atoms with Gasteiger partial charge in [-0.05, 0) is 37.0 Å². The third-order valence-corrected chi connectivity index (χ3v) is 6.17. The van der Waals surface area contributed by atoms with Crippen LogP contribution < -0.4 is 4.72 Å². The normalized spacial score (nSPS) is 24.2. The third-order valence-electron chi connectivity index (χ3n) is 3.67. The molecule has 1 aromatic heterocycles. The number of nitrogens with one attached hydrogen (secondary N) is 1. The van der Waals surface area contributed by atoms with Gasteiger partial charge in [0.1, 0.15) is 0 Å². The van der Waals surface area contributed by atoms with Crippen molar-refractivity contribution in [2.45, 2.75) is 49.4 Å². The number of pyridine rings is 1. The molecule has 0 radical (unpaired) electrons. The lowest BCUT2D eigenvalue weighted by molar-refractivity contribution is 0.520. The average molecular weight is 361 g/mol. The van der Waals surface area contributed by atoms with Gasteiger partial charge in [0.25, 0.3) is 0 Å². The van der Waals surface area contributed by atoms with Gasteiger partial charge in [-0.3, -0.25) is 4.98 Å². The fraction of sp³-hybridized carbons (Fsp3) is 0.643. The van der Waals surface area contributed by atoms with Crippen LogP contribution in [0.25, 0.3) is 0 Å². The van der Waals surface area contributed by atoms with Crippen LogP contribution in [0.3, 0.4) is 0 Å². The minimum Gasteiger partial charge on any atom is -0.265 e. The quantitative estimate of drug-likeness (QED) is 0.648. The van der Waals surface area contributed by atoms with Crippen molar-refractivity contribution in [3.05, 3.63) is 30.1 Å². The van der Waals surface area contributed by atoms with Crippen LogP contribution >= 0.6 is 15.9 Å². The van der Waals surface area contributed by atoms with Gasteiger partial charge < -0.3 is 0 Å². The molecule has 1 fully saturated rings. The molecule has 0 spiro atoms. The van der Waals surface area contributed by atoms with Crippen molar-refractivity contribution < 1.29 is 8.42 Å². The SMILES string of the molecule is O=S(=O)(CCc1ccncc1)NC1CCCCCC1Br. The summed E-state index contributed by atoms with van der Waals surface area (Å²) in [5.41, 5.74) is 1.00. The maximum atomic E-state index is 12.2. The molecule has 2 unspecified atom stereocenters. The second-order valence-corrected chi connectivity index (χ2v) is 8.35. The smallest absolute Gasteiger partial charge is 0.212 e. The van der Waals surface area contributed by atoms with Gasteiger partial charge in [0, 0.05) is 23.3 Å². The summed E-state index contributed by atoms with van der Waals surface area (Å²) in [5.74, 6) is 0.132. The minimum atomic E-state index is -3.23. The van der Waals surface area contributed by atoms with Crippen molar-refractivity contribution in [2.24, 2.45) is 0 Å². The second-order valence-electron chi connectivity index (χ2n) is 5.30. The van der Waals surface area contributed by atoms with E-state index >= 15 is 0 Å². The van der Waals surface area contributed by atoms with E-state index in [1.165, 1.54) is 12.8 Å². The highest BCUT2D eigenvalue weighted by atomic mass is 79.9. The number of halogens is 1. The predicted molar refractivity (Wildman–Crippen MR) is 84.5 cm³/mol.